The van der Waals surface area contributed by atoms with E-state index in [1.54, 1.807) is 0 Å². The van der Waals surface area contributed by atoms with Crippen LogP contribution in [0.25, 0.3) is 0 Å². The molecule has 126 valence electrons. The van der Waals surface area contributed by atoms with Crippen molar-refractivity contribution in [3.63, 3.8) is 0 Å². The van der Waals surface area contributed by atoms with Gasteiger partial charge in [-0.2, -0.15) is 19.6 Å². The first-order chi connectivity index (χ1) is 10.8. The molecular formula is C16H27NO5. The Morgan fingerprint density at radius 1 is 0.682 bits per heavy atom. The lowest BCUT2D eigenvalue weighted by Crippen LogP contribution is -2.55. The van der Waals surface area contributed by atoms with Gasteiger partial charge in [-0.05, 0) is 25.7 Å². The van der Waals surface area contributed by atoms with E-state index in [4.69, 9.17) is 24.3 Å². The summed E-state index contributed by atoms with van der Waals surface area (Å²) in [5.41, 5.74) is 0. The Balaban J connectivity index is 1.30. The summed E-state index contributed by atoms with van der Waals surface area (Å²) in [6.07, 6.45) is 8.94. The van der Waals surface area contributed by atoms with Crippen LogP contribution in [0.5, 0.6) is 0 Å². The van der Waals surface area contributed by atoms with E-state index in [1.165, 1.54) is 6.42 Å². The Morgan fingerprint density at radius 2 is 1.23 bits per heavy atom. The van der Waals surface area contributed by atoms with E-state index in [-0.39, 0.29) is 0 Å². The quantitative estimate of drug-likeness (QED) is 0.693. The lowest BCUT2D eigenvalue weighted by Gasteiger charge is -2.48. The van der Waals surface area contributed by atoms with Crippen molar-refractivity contribution in [2.75, 3.05) is 26.3 Å². The summed E-state index contributed by atoms with van der Waals surface area (Å²) in [5.74, 6) is -1.34. The van der Waals surface area contributed by atoms with Gasteiger partial charge < -0.3 is 4.74 Å². The number of morpholine rings is 1. The maximum Gasteiger partial charge on any atom is 0.234 e. The van der Waals surface area contributed by atoms with Gasteiger partial charge in [0.25, 0.3) is 0 Å². The second-order valence-corrected chi connectivity index (χ2v) is 7.09. The first-order valence-corrected chi connectivity index (χ1v) is 8.85. The molecule has 2 saturated heterocycles. The van der Waals surface area contributed by atoms with E-state index in [0.717, 1.165) is 77.7 Å². The highest BCUT2D eigenvalue weighted by atomic mass is 17.4. The predicted molar refractivity (Wildman–Crippen MR) is 77.5 cm³/mol. The van der Waals surface area contributed by atoms with E-state index >= 15 is 0 Å². The van der Waals surface area contributed by atoms with Crippen LogP contribution >= 0.6 is 0 Å². The molecule has 2 aliphatic carbocycles. The molecule has 2 saturated carbocycles. The van der Waals surface area contributed by atoms with Crippen LogP contribution in [0.15, 0.2) is 0 Å². The first-order valence-electron chi connectivity index (χ1n) is 8.85. The molecule has 0 amide bonds. The molecule has 0 bridgehead atoms. The van der Waals surface area contributed by atoms with Gasteiger partial charge in [0.2, 0.25) is 11.6 Å². The zero-order valence-electron chi connectivity index (χ0n) is 13.3. The Hall–Kier alpha value is -0.240. The number of nitrogens with zero attached hydrogens (tertiary/aromatic N) is 1. The molecule has 0 aromatic rings. The van der Waals surface area contributed by atoms with Crippen molar-refractivity contribution in [2.45, 2.75) is 75.4 Å². The average molecular weight is 313 g/mol. The summed E-state index contributed by atoms with van der Waals surface area (Å²) >= 11 is 0. The zero-order valence-corrected chi connectivity index (χ0v) is 13.3. The van der Waals surface area contributed by atoms with Gasteiger partial charge in [-0.25, -0.2) is 0 Å². The maximum atomic E-state index is 5.74. The second-order valence-electron chi connectivity index (χ2n) is 7.09. The molecule has 4 rings (SSSR count). The van der Waals surface area contributed by atoms with Crippen molar-refractivity contribution in [3.05, 3.63) is 0 Å². The third-order valence-corrected chi connectivity index (χ3v) is 5.59. The maximum absolute atomic E-state index is 5.74. The fourth-order valence-electron chi connectivity index (χ4n) is 4.11. The zero-order chi connectivity index (χ0) is 14.9. The van der Waals surface area contributed by atoms with Crippen molar-refractivity contribution < 1.29 is 24.3 Å². The molecule has 2 heterocycles. The lowest BCUT2D eigenvalue weighted by molar-refractivity contribution is -0.662. The molecule has 2 aliphatic heterocycles. The van der Waals surface area contributed by atoms with E-state index in [2.05, 4.69) is 4.90 Å². The highest BCUT2D eigenvalue weighted by Gasteiger charge is 2.51. The lowest BCUT2D eigenvalue weighted by atomic mass is 9.89. The third kappa shape index (κ3) is 3.05. The van der Waals surface area contributed by atoms with Gasteiger partial charge in [-0.15, -0.1) is 0 Å². The minimum absolute atomic E-state index is 0.604. The van der Waals surface area contributed by atoms with E-state index < -0.39 is 11.6 Å². The van der Waals surface area contributed by atoms with Gasteiger partial charge in [-0.3, -0.25) is 4.90 Å². The van der Waals surface area contributed by atoms with Crippen LogP contribution in [0, 0.1) is 0 Å². The molecule has 2 spiro atoms. The van der Waals surface area contributed by atoms with Crippen molar-refractivity contribution in [1.82, 2.24) is 4.90 Å². The van der Waals surface area contributed by atoms with Gasteiger partial charge >= 0.3 is 0 Å². The Bertz CT molecular complexity index is 359. The van der Waals surface area contributed by atoms with Crippen LogP contribution in [0.1, 0.15) is 57.8 Å². The molecule has 4 fully saturated rings. The molecule has 0 N–H and O–H groups in total. The molecule has 0 unspecified atom stereocenters. The summed E-state index contributed by atoms with van der Waals surface area (Å²) in [6.45, 7) is 3.78. The Morgan fingerprint density at radius 3 is 1.82 bits per heavy atom. The van der Waals surface area contributed by atoms with Crippen LogP contribution in [0.4, 0.5) is 0 Å². The summed E-state index contributed by atoms with van der Waals surface area (Å²) in [7, 11) is 0. The van der Waals surface area contributed by atoms with Gasteiger partial charge in [0.05, 0.1) is 13.2 Å². The normalized spacial score (nSPS) is 33.3. The molecule has 0 aromatic carbocycles. The van der Waals surface area contributed by atoms with Crippen LogP contribution in [-0.4, -0.2) is 48.8 Å². The van der Waals surface area contributed by atoms with Crippen LogP contribution in [0.3, 0.4) is 0 Å². The SMILES string of the molecule is C1CCC2(CC1)OOC1(CCC(N3CCOCC3)CC1)OO2. The topological polar surface area (TPSA) is 49.4 Å². The van der Waals surface area contributed by atoms with Gasteiger partial charge in [0.15, 0.2) is 0 Å². The Kier molecular flexibility index (Phi) is 4.41. The molecule has 0 aromatic heterocycles. The molecular weight excluding hydrogens is 286 g/mol. The number of hydrogen-bond donors (Lipinski definition) is 0. The largest absolute Gasteiger partial charge is 0.379 e. The van der Waals surface area contributed by atoms with Crippen molar-refractivity contribution in [1.29, 1.82) is 0 Å². The highest BCUT2D eigenvalue weighted by molar-refractivity contribution is 4.86. The molecule has 22 heavy (non-hydrogen) atoms. The summed E-state index contributed by atoms with van der Waals surface area (Å²) in [6, 6.07) is 0.604. The average Bonchev–Trinajstić information content (AvgIpc) is 2.61. The molecule has 6 heteroatoms. The molecule has 0 radical (unpaired) electrons. The standard InChI is InChI=1S/C16H27NO5/c1-2-6-15(7-3-1)19-21-16(22-20-15)8-4-14(5-9-16)17-10-12-18-13-11-17/h14H,1-13H2. The second kappa shape index (κ2) is 6.34. The fraction of sp³-hybridized carbons (Fsp3) is 1.00. The van der Waals surface area contributed by atoms with Gasteiger partial charge in [-0.1, -0.05) is 6.42 Å². The Labute approximate surface area is 131 Å². The van der Waals surface area contributed by atoms with Crippen molar-refractivity contribution in [3.8, 4) is 0 Å². The summed E-state index contributed by atoms with van der Waals surface area (Å²) in [4.78, 5) is 25.4. The van der Waals surface area contributed by atoms with Gasteiger partial charge in [0, 0.05) is 44.8 Å². The van der Waals surface area contributed by atoms with Crippen molar-refractivity contribution >= 4 is 0 Å². The highest BCUT2D eigenvalue weighted by Crippen LogP contribution is 2.44. The predicted octanol–water partition coefficient (Wildman–Crippen LogP) is 2.53. The third-order valence-electron chi connectivity index (χ3n) is 5.59. The summed E-state index contributed by atoms with van der Waals surface area (Å²) in [5, 5.41) is 0. The smallest absolute Gasteiger partial charge is 0.234 e. The van der Waals surface area contributed by atoms with E-state index in [0.29, 0.717) is 6.04 Å². The number of rotatable bonds is 1. The van der Waals surface area contributed by atoms with Crippen LogP contribution in [-0.2, 0) is 24.3 Å². The number of hydrogen-bond acceptors (Lipinski definition) is 6. The van der Waals surface area contributed by atoms with E-state index in [1.807, 2.05) is 0 Å². The monoisotopic (exact) mass is 313 g/mol. The molecule has 6 nitrogen and oxygen atoms in total. The fourth-order valence-corrected chi connectivity index (χ4v) is 4.11. The van der Waals surface area contributed by atoms with Crippen LogP contribution < -0.4 is 0 Å². The summed E-state index contributed by atoms with van der Waals surface area (Å²) < 4.78 is 5.43. The minimum Gasteiger partial charge on any atom is -0.379 e. The minimum atomic E-state index is -0.689. The number of ether oxygens (including phenoxy) is 1. The van der Waals surface area contributed by atoms with E-state index in [9.17, 15) is 0 Å². The molecule has 0 atom stereocenters. The van der Waals surface area contributed by atoms with Crippen LogP contribution in [0.2, 0.25) is 0 Å². The molecule has 4 aliphatic rings. The first kappa shape index (κ1) is 15.3. The van der Waals surface area contributed by atoms with Gasteiger partial charge in [0.1, 0.15) is 0 Å². The van der Waals surface area contributed by atoms with Crippen molar-refractivity contribution in [2.24, 2.45) is 0 Å².